The number of hydrogen-bond acceptors (Lipinski definition) is 7. The van der Waals surface area contributed by atoms with Gasteiger partial charge in [-0.1, -0.05) is 270 Å². The highest BCUT2D eigenvalue weighted by Crippen LogP contribution is 2.43. The van der Waals surface area contributed by atoms with Crippen LogP contribution in [0.4, 0.5) is 0 Å². The van der Waals surface area contributed by atoms with E-state index >= 15 is 0 Å². The van der Waals surface area contributed by atoms with Crippen LogP contribution in [0.3, 0.4) is 0 Å². The Bertz CT molecular complexity index is 1850. The van der Waals surface area contributed by atoms with Crippen molar-refractivity contribution >= 4 is 19.8 Å². The maximum Gasteiger partial charge on any atom is 0.472 e. The van der Waals surface area contributed by atoms with Gasteiger partial charge in [-0.25, -0.2) is 4.57 Å². The summed E-state index contributed by atoms with van der Waals surface area (Å²) in [6.45, 7) is 4.18. The first-order valence-electron chi connectivity index (χ1n) is 32.9. The predicted molar refractivity (Wildman–Crippen MR) is 353 cm³/mol. The molecule has 82 heavy (non-hydrogen) atoms. The number of rotatable bonds is 59. The van der Waals surface area contributed by atoms with Crippen molar-refractivity contribution in [1.82, 2.24) is 0 Å². The number of unbranched alkanes of at least 4 members (excludes halogenated alkanes) is 23. The molecule has 0 aromatic carbocycles. The average molecular weight is 1160 g/mol. The zero-order chi connectivity index (χ0) is 59.8. The number of ether oxygens (including phenoxy) is 2. The van der Waals surface area contributed by atoms with Crippen molar-refractivity contribution in [2.24, 2.45) is 0 Å². The highest BCUT2D eigenvalue weighted by molar-refractivity contribution is 7.47. The van der Waals surface area contributed by atoms with E-state index in [0.29, 0.717) is 23.9 Å². The lowest BCUT2D eigenvalue weighted by Gasteiger charge is -2.24. The van der Waals surface area contributed by atoms with Gasteiger partial charge < -0.3 is 18.9 Å². The van der Waals surface area contributed by atoms with Gasteiger partial charge in [0.1, 0.15) is 19.8 Å². The van der Waals surface area contributed by atoms with Crippen molar-refractivity contribution in [3.8, 4) is 0 Å². The first-order chi connectivity index (χ1) is 40.0. The summed E-state index contributed by atoms with van der Waals surface area (Å²) in [4.78, 5) is 35.7. The van der Waals surface area contributed by atoms with E-state index < -0.39 is 32.5 Å². The quantitative estimate of drug-likeness (QED) is 0.0211. The molecule has 0 aromatic rings. The van der Waals surface area contributed by atoms with E-state index in [2.05, 4.69) is 148 Å². The van der Waals surface area contributed by atoms with Crippen LogP contribution in [0.1, 0.15) is 258 Å². The number of phosphoric acid groups is 1. The molecule has 0 bridgehead atoms. The van der Waals surface area contributed by atoms with E-state index in [1.54, 1.807) is 0 Å². The first kappa shape index (κ1) is 78.1. The molecular formula is C72H123NO8P+. The largest absolute Gasteiger partial charge is 0.472 e. The van der Waals surface area contributed by atoms with Crippen LogP contribution < -0.4 is 0 Å². The Morgan fingerprint density at radius 1 is 0.378 bits per heavy atom. The number of carbonyl (C=O) groups excluding carboxylic acids is 2. The van der Waals surface area contributed by atoms with Crippen molar-refractivity contribution in [1.29, 1.82) is 0 Å². The standard InChI is InChI=1S/C72H122NO8P/c1-6-8-10-12-14-16-18-20-22-24-25-26-27-28-29-30-31-32-33-34-35-36-37-38-39-40-41-42-43-44-45-46-47-49-51-53-55-57-59-61-63-65-72(75)81-70(69-80-82(76,77)79-67-66-73(3,4)5)68-78-71(74)64-62-60-58-56-54-52-50-48-23-21-19-17-15-13-11-9-7-2/h8-11,14-17,20-23,25-26,28-29,31-32,34-35,50,52,70H,6-7,12-13,18-19,24,27,30,33,36-49,51,53-69H2,1-5H3/p+1/b10-8-,11-9-,16-14-,17-15-,22-20-,23-21-,26-25-,29-28-,32-31-,35-34-,52-50-. The van der Waals surface area contributed by atoms with E-state index in [1.807, 2.05) is 21.1 Å². The van der Waals surface area contributed by atoms with E-state index in [1.165, 1.54) is 103 Å². The van der Waals surface area contributed by atoms with Gasteiger partial charge in [0.15, 0.2) is 6.10 Å². The number of likely N-dealkylation sites (N-methyl/N-ethyl adjacent to an activating group) is 1. The molecule has 0 aliphatic rings. The second-order valence-corrected chi connectivity index (χ2v) is 24.2. The molecule has 0 heterocycles. The van der Waals surface area contributed by atoms with Gasteiger partial charge >= 0.3 is 19.8 Å². The monoisotopic (exact) mass is 1160 g/mol. The van der Waals surface area contributed by atoms with Crippen molar-refractivity contribution < 1.29 is 42.1 Å². The van der Waals surface area contributed by atoms with E-state index in [4.69, 9.17) is 18.5 Å². The summed E-state index contributed by atoms with van der Waals surface area (Å²) in [5, 5.41) is 0. The molecule has 0 aromatic heterocycles. The van der Waals surface area contributed by atoms with Gasteiger partial charge in [0, 0.05) is 12.8 Å². The molecule has 2 atom stereocenters. The third kappa shape index (κ3) is 65.3. The molecule has 9 nitrogen and oxygen atoms in total. The van der Waals surface area contributed by atoms with Crippen LogP contribution in [0.2, 0.25) is 0 Å². The highest BCUT2D eigenvalue weighted by atomic mass is 31.2. The van der Waals surface area contributed by atoms with Crippen LogP contribution in [0, 0.1) is 0 Å². The minimum Gasteiger partial charge on any atom is -0.462 e. The zero-order valence-electron chi connectivity index (χ0n) is 53.2. The Morgan fingerprint density at radius 3 is 0.976 bits per heavy atom. The molecule has 0 rings (SSSR count). The summed E-state index contributed by atoms with van der Waals surface area (Å²) in [6.07, 6.45) is 89.9. The zero-order valence-corrected chi connectivity index (χ0v) is 54.1. The van der Waals surface area contributed by atoms with Gasteiger partial charge in [-0.2, -0.15) is 0 Å². The fourth-order valence-electron chi connectivity index (χ4n) is 8.69. The first-order valence-corrected chi connectivity index (χ1v) is 34.4. The third-order valence-electron chi connectivity index (χ3n) is 13.7. The molecule has 0 amide bonds. The van der Waals surface area contributed by atoms with E-state index in [9.17, 15) is 19.0 Å². The Kier molecular flexibility index (Phi) is 58.8. The fourth-order valence-corrected chi connectivity index (χ4v) is 9.44. The molecule has 0 fully saturated rings. The minimum atomic E-state index is -4.40. The van der Waals surface area contributed by atoms with Gasteiger partial charge in [-0.05, 0) is 109 Å². The van der Waals surface area contributed by atoms with E-state index in [-0.39, 0.29) is 26.1 Å². The molecule has 0 aliphatic carbocycles. The summed E-state index contributed by atoms with van der Waals surface area (Å²) < 4.78 is 34.6. The predicted octanol–water partition coefficient (Wildman–Crippen LogP) is 21.3. The van der Waals surface area contributed by atoms with Crippen LogP contribution in [-0.2, 0) is 32.7 Å². The Labute approximate surface area is 504 Å². The average Bonchev–Trinajstić information content (AvgIpc) is 3.45. The van der Waals surface area contributed by atoms with Gasteiger partial charge in [-0.15, -0.1) is 0 Å². The molecule has 2 unspecified atom stereocenters. The fraction of sp³-hybridized carbons (Fsp3) is 0.667. The molecule has 0 aliphatic heterocycles. The Morgan fingerprint density at radius 2 is 0.659 bits per heavy atom. The third-order valence-corrected chi connectivity index (χ3v) is 14.7. The van der Waals surface area contributed by atoms with Crippen LogP contribution in [0.25, 0.3) is 0 Å². The summed E-state index contributed by atoms with van der Waals surface area (Å²) in [7, 11) is 1.45. The van der Waals surface area contributed by atoms with Crippen LogP contribution in [0.5, 0.6) is 0 Å². The highest BCUT2D eigenvalue weighted by Gasteiger charge is 2.27. The number of allylic oxidation sites excluding steroid dienone is 22. The molecule has 0 saturated heterocycles. The smallest absolute Gasteiger partial charge is 0.462 e. The lowest BCUT2D eigenvalue weighted by molar-refractivity contribution is -0.870. The lowest BCUT2D eigenvalue weighted by atomic mass is 10.0. The van der Waals surface area contributed by atoms with Gasteiger partial charge in [0.2, 0.25) is 0 Å². The molecule has 10 heteroatoms. The number of nitrogens with zero attached hydrogens (tertiary/aromatic N) is 1. The molecule has 0 radical (unpaired) electrons. The van der Waals surface area contributed by atoms with Gasteiger partial charge in [-0.3, -0.25) is 18.6 Å². The topological polar surface area (TPSA) is 108 Å². The van der Waals surface area contributed by atoms with E-state index in [0.717, 1.165) is 116 Å². The number of esters is 2. The van der Waals surface area contributed by atoms with Crippen molar-refractivity contribution in [2.45, 2.75) is 264 Å². The number of hydrogen-bond donors (Lipinski definition) is 1. The van der Waals surface area contributed by atoms with Crippen LogP contribution in [-0.4, -0.2) is 74.9 Å². The number of quaternary nitrogens is 1. The number of phosphoric ester groups is 1. The second kappa shape index (κ2) is 61.7. The summed E-state index contributed by atoms with van der Waals surface area (Å²) >= 11 is 0. The number of carbonyl (C=O) groups is 2. The normalized spacial score (nSPS) is 14.1. The lowest BCUT2D eigenvalue weighted by Crippen LogP contribution is -2.37. The molecule has 1 N–H and O–H groups in total. The minimum absolute atomic E-state index is 0.0229. The van der Waals surface area contributed by atoms with Crippen molar-refractivity contribution in [3.63, 3.8) is 0 Å². The summed E-state index contributed by atoms with van der Waals surface area (Å²) in [5.74, 6) is -0.826. The maximum atomic E-state index is 12.8. The Hall–Kier alpha value is -3.85. The molecule has 0 saturated carbocycles. The molecule has 468 valence electrons. The summed E-state index contributed by atoms with van der Waals surface area (Å²) in [6, 6.07) is 0. The Balaban J connectivity index is 4.00. The van der Waals surface area contributed by atoms with Gasteiger partial charge in [0.25, 0.3) is 0 Å². The SMILES string of the molecule is CC/C=C\C/C=C\C/C=C\C/C=C\C/C=C\C/C=C\C/C=C\CCCCCCCCCCCCCCCCCCCCCC(=O)OC(COC(=O)CCCCCC/C=C\C/C=C\C/C=C\C/C=C\CC)COP(=O)(O)OCC[N+](C)(C)C. The summed E-state index contributed by atoms with van der Waals surface area (Å²) in [5.41, 5.74) is 0. The maximum absolute atomic E-state index is 12.8. The van der Waals surface area contributed by atoms with Crippen molar-refractivity contribution in [3.05, 3.63) is 134 Å². The van der Waals surface area contributed by atoms with Crippen molar-refractivity contribution in [2.75, 3.05) is 47.5 Å². The van der Waals surface area contributed by atoms with Gasteiger partial charge in [0.05, 0.1) is 27.7 Å². The molecular weight excluding hydrogens is 1040 g/mol. The molecule has 0 spiro atoms. The van der Waals surface area contributed by atoms with Crippen LogP contribution >= 0.6 is 7.82 Å². The second-order valence-electron chi connectivity index (χ2n) is 22.7. The van der Waals surface area contributed by atoms with Crippen LogP contribution in [0.15, 0.2) is 134 Å².